The molecule has 0 bridgehead atoms. The maximum absolute atomic E-state index is 13.4. The summed E-state index contributed by atoms with van der Waals surface area (Å²) in [5.74, 6) is -0.680. The van der Waals surface area contributed by atoms with Gasteiger partial charge in [0.05, 0.1) is 6.26 Å². The van der Waals surface area contributed by atoms with Gasteiger partial charge in [0.2, 0.25) is 10.0 Å². The summed E-state index contributed by atoms with van der Waals surface area (Å²) in [6.07, 6.45) is 1.06. The van der Waals surface area contributed by atoms with E-state index in [0.29, 0.717) is 12.5 Å². The molecule has 9 heteroatoms. The number of nitrogens with one attached hydrogen (secondary N) is 3. The molecule has 0 unspecified atom stereocenters. The van der Waals surface area contributed by atoms with E-state index in [1.54, 1.807) is 0 Å². The van der Waals surface area contributed by atoms with Gasteiger partial charge in [0.1, 0.15) is 11.6 Å². The van der Waals surface area contributed by atoms with Crippen molar-refractivity contribution in [2.75, 3.05) is 26.4 Å². The molecular formula is C12H18F2N4O2S. The average molecular weight is 320 g/mol. The van der Waals surface area contributed by atoms with Crippen molar-refractivity contribution < 1.29 is 17.2 Å². The van der Waals surface area contributed by atoms with Gasteiger partial charge in [-0.1, -0.05) is 0 Å². The van der Waals surface area contributed by atoms with Crippen LogP contribution in [0.25, 0.3) is 0 Å². The van der Waals surface area contributed by atoms with Crippen LogP contribution >= 0.6 is 0 Å². The number of halogens is 2. The van der Waals surface area contributed by atoms with Crippen molar-refractivity contribution in [2.45, 2.75) is 6.54 Å². The first kappa shape index (κ1) is 17.3. The summed E-state index contributed by atoms with van der Waals surface area (Å²) in [4.78, 5) is 3.89. The fraction of sp³-hybridized carbons (Fsp3) is 0.417. The van der Waals surface area contributed by atoms with Crippen LogP contribution in [0.3, 0.4) is 0 Å². The van der Waals surface area contributed by atoms with Gasteiger partial charge in [0, 0.05) is 32.2 Å². The highest BCUT2D eigenvalue weighted by atomic mass is 32.2. The molecule has 6 nitrogen and oxygen atoms in total. The topological polar surface area (TPSA) is 82.6 Å². The molecule has 0 heterocycles. The molecule has 0 saturated heterocycles. The smallest absolute Gasteiger partial charge is 0.208 e. The predicted octanol–water partition coefficient (Wildman–Crippen LogP) is 0.179. The van der Waals surface area contributed by atoms with E-state index in [0.717, 1.165) is 24.5 Å². The van der Waals surface area contributed by atoms with E-state index in [1.807, 2.05) is 0 Å². The molecule has 0 aliphatic rings. The van der Waals surface area contributed by atoms with Crippen LogP contribution in [0.5, 0.6) is 0 Å². The first-order valence-electron chi connectivity index (χ1n) is 6.15. The standard InChI is InChI=1S/C12H18F2N4O2S/c1-15-12(16-5-6-18-21(2,19)20)17-8-9-7-10(13)3-4-11(9)14/h3-4,7,18H,5-6,8H2,1-2H3,(H2,15,16,17). The van der Waals surface area contributed by atoms with Crippen molar-refractivity contribution in [1.29, 1.82) is 0 Å². The second-order valence-corrected chi connectivity index (χ2v) is 6.09. The maximum Gasteiger partial charge on any atom is 0.208 e. The molecule has 0 aliphatic carbocycles. The van der Waals surface area contributed by atoms with E-state index in [1.165, 1.54) is 7.05 Å². The summed E-state index contributed by atoms with van der Waals surface area (Å²) >= 11 is 0. The van der Waals surface area contributed by atoms with Crippen LogP contribution in [0.2, 0.25) is 0 Å². The number of hydrogen-bond donors (Lipinski definition) is 3. The molecule has 1 aromatic carbocycles. The van der Waals surface area contributed by atoms with Gasteiger partial charge in [-0.15, -0.1) is 0 Å². The van der Waals surface area contributed by atoms with Gasteiger partial charge in [-0.2, -0.15) is 0 Å². The second-order valence-electron chi connectivity index (χ2n) is 4.25. The number of guanidine groups is 1. The number of nitrogens with zero attached hydrogens (tertiary/aromatic N) is 1. The third-order valence-corrected chi connectivity index (χ3v) is 3.19. The Morgan fingerprint density at radius 1 is 1.24 bits per heavy atom. The Labute approximate surface area is 122 Å². The number of benzene rings is 1. The maximum atomic E-state index is 13.4. The van der Waals surface area contributed by atoms with E-state index in [-0.39, 0.29) is 18.7 Å². The lowest BCUT2D eigenvalue weighted by molar-refractivity contribution is 0.580. The molecule has 0 spiro atoms. The average Bonchev–Trinajstić information content (AvgIpc) is 2.40. The fourth-order valence-corrected chi connectivity index (χ4v) is 1.97. The van der Waals surface area contributed by atoms with E-state index in [9.17, 15) is 17.2 Å². The Balaban J connectivity index is 2.43. The molecule has 21 heavy (non-hydrogen) atoms. The van der Waals surface area contributed by atoms with Gasteiger partial charge in [0.15, 0.2) is 5.96 Å². The highest BCUT2D eigenvalue weighted by Crippen LogP contribution is 2.08. The lowest BCUT2D eigenvalue weighted by Crippen LogP contribution is -2.41. The van der Waals surface area contributed by atoms with E-state index < -0.39 is 21.7 Å². The minimum Gasteiger partial charge on any atom is -0.355 e. The zero-order valence-corrected chi connectivity index (χ0v) is 12.6. The third kappa shape index (κ3) is 7.00. The van der Waals surface area contributed by atoms with E-state index in [2.05, 4.69) is 20.3 Å². The summed E-state index contributed by atoms with van der Waals surface area (Å²) in [7, 11) is -1.72. The Hall–Kier alpha value is -1.74. The second kappa shape index (κ2) is 7.89. The Bertz CT molecular complexity index is 605. The van der Waals surface area contributed by atoms with Crippen LogP contribution in [0.1, 0.15) is 5.56 Å². The Morgan fingerprint density at radius 3 is 2.57 bits per heavy atom. The quantitative estimate of drug-likeness (QED) is 0.397. The van der Waals surface area contributed by atoms with Crippen LogP contribution in [0.15, 0.2) is 23.2 Å². The monoisotopic (exact) mass is 320 g/mol. The SMILES string of the molecule is CN=C(NCCNS(C)(=O)=O)NCc1cc(F)ccc1F. The molecule has 0 amide bonds. The lowest BCUT2D eigenvalue weighted by Gasteiger charge is -2.12. The molecule has 0 atom stereocenters. The molecule has 0 fully saturated rings. The van der Waals surface area contributed by atoms with Crippen LogP contribution in [0.4, 0.5) is 8.78 Å². The third-order valence-electron chi connectivity index (χ3n) is 2.46. The summed E-state index contributed by atoms with van der Waals surface area (Å²) in [6, 6.07) is 3.20. The number of rotatable bonds is 6. The molecule has 1 aromatic rings. The van der Waals surface area contributed by atoms with Crippen molar-refractivity contribution in [3.8, 4) is 0 Å². The van der Waals surface area contributed by atoms with Gasteiger partial charge in [-0.05, 0) is 18.2 Å². The molecule has 0 saturated carbocycles. The minimum atomic E-state index is -3.24. The zero-order valence-electron chi connectivity index (χ0n) is 11.8. The Morgan fingerprint density at radius 2 is 1.95 bits per heavy atom. The van der Waals surface area contributed by atoms with Gasteiger partial charge < -0.3 is 10.6 Å². The summed E-state index contributed by atoms with van der Waals surface area (Å²) < 4.78 is 50.5. The molecule has 3 N–H and O–H groups in total. The van der Waals surface area contributed by atoms with E-state index in [4.69, 9.17) is 0 Å². The van der Waals surface area contributed by atoms with Crippen molar-refractivity contribution >= 4 is 16.0 Å². The Kier molecular flexibility index (Phi) is 6.50. The van der Waals surface area contributed by atoms with E-state index >= 15 is 0 Å². The number of sulfonamides is 1. The molecular weight excluding hydrogens is 302 g/mol. The summed E-state index contributed by atoms with van der Waals surface area (Å²) in [5, 5.41) is 5.65. The largest absolute Gasteiger partial charge is 0.355 e. The summed E-state index contributed by atoms with van der Waals surface area (Å²) in [6.45, 7) is 0.551. The zero-order chi connectivity index (χ0) is 15.9. The van der Waals surface area contributed by atoms with Crippen molar-refractivity contribution in [2.24, 2.45) is 4.99 Å². The van der Waals surface area contributed by atoms with Crippen LogP contribution in [-0.4, -0.2) is 40.8 Å². The lowest BCUT2D eigenvalue weighted by atomic mass is 10.2. The highest BCUT2D eigenvalue weighted by Gasteiger charge is 2.05. The normalized spacial score (nSPS) is 12.3. The predicted molar refractivity (Wildman–Crippen MR) is 77.4 cm³/mol. The molecule has 0 aromatic heterocycles. The van der Waals surface area contributed by atoms with Gasteiger partial charge in [0.25, 0.3) is 0 Å². The van der Waals surface area contributed by atoms with Crippen LogP contribution < -0.4 is 15.4 Å². The summed E-state index contributed by atoms with van der Waals surface area (Å²) in [5.41, 5.74) is 0.173. The van der Waals surface area contributed by atoms with Crippen molar-refractivity contribution in [3.05, 3.63) is 35.4 Å². The van der Waals surface area contributed by atoms with Gasteiger partial charge in [-0.3, -0.25) is 4.99 Å². The van der Waals surface area contributed by atoms with Gasteiger partial charge >= 0.3 is 0 Å². The molecule has 118 valence electrons. The number of hydrogen-bond acceptors (Lipinski definition) is 3. The molecule has 0 radical (unpaired) electrons. The minimum absolute atomic E-state index is 0.0583. The molecule has 1 rings (SSSR count). The number of aliphatic imine (C=N–C) groups is 1. The molecule has 0 aliphatic heterocycles. The highest BCUT2D eigenvalue weighted by molar-refractivity contribution is 7.88. The van der Waals surface area contributed by atoms with Crippen molar-refractivity contribution in [3.63, 3.8) is 0 Å². The first-order chi connectivity index (χ1) is 9.81. The van der Waals surface area contributed by atoms with Crippen molar-refractivity contribution in [1.82, 2.24) is 15.4 Å². The fourth-order valence-electron chi connectivity index (χ4n) is 1.50. The first-order valence-corrected chi connectivity index (χ1v) is 8.04. The van der Waals surface area contributed by atoms with Gasteiger partial charge in [-0.25, -0.2) is 21.9 Å². The van der Waals surface area contributed by atoms with Crippen LogP contribution in [0, 0.1) is 11.6 Å². The van der Waals surface area contributed by atoms with Crippen LogP contribution in [-0.2, 0) is 16.6 Å².